The van der Waals surface area contributed by atoms with Gasteiger partial charge >= 0.3 is 5.97 Å². The summed E-state index contributed by atoms with van der Waals surface area (Å²) in [6, 6.07) is 21.9. The second-order valence-electron chi connectivity index (χ2n) is 9.22. The standard InChI is InChI=1S/C29H26ClN3O5S2/c30-24-14-13-23(17-26(24)40(36,37)33-15-5-2-6-16-33)28(35)38-18-27(34)32-29-31-25(19-39-29)22-11-9-21(10-12-22)20-7-3-1-4-8-20/h1,3-4,7-14,17,19H,2,5-6,15-16,18H2,(H,31,32,34). The van der Waals surface area contributed by atoms with Crippen LogP contribution >= 0.6 is 22.9 Å². The summed E-state index contributed by atoms with van der Waals surface area (Å²) in [5.41, 5.74) is 3.81. The van der Waals surface area contributed by atoms with Crippen LogP contribution in [-0.2, 0) is 19.6 Å². The monoisotopic (exact) mass is 595 g/mol. The Balaban J connectivity index is 1.18. The molecule has 3 aromatic carbocycles. The van der Waals surface area contributed by atoms with Crippen LogP contribution in [0.4, 0.5) is 5.13 Å². The zero-order valence-electron chi connectivity index (χ0n) is 21.4. The summed E-state index contributed by atoms with van der Waals surface area (Å²) in [5.74, 6) is -1.40. The van der Waals surface area contributed by atoms with Gasteiger partial charge in [-0.2, -0.15) is 4.31 Å². The second-order valence-corrected chi connectivity index (χ2v) is 12.4. The number of amides is 1. The fourth-order valence-electron chi connectivity index (χ4n) is 4.37. The van der Waals surface area contributed by atoms with Crippen molar-refractivity contribution in [2.75, 3.05) is 25.0 Å². The predicted octanol–water partition coefficient (Wildman–Crippen LogP) is 6.10. The van der Waals surface area contributed by atoms with Gasteiger partial charge in [-0.1, -0.05) is 72.6 Å². The highest BCUT2D eigenvalue weighted by molar-refractivity contribution is 7.89. The minimum atomic E-state index is -3.85. The normalized spacial score (nSPS) is 14.0. The molecule has 0 bridgehead atoms. The van der Waals surface area contributed by atoms with Gasteiger partial charge in [-0.25, -0.2) is 18.2 Å². The molecule has 11 heteroatoms. The Morgan fingerprint density at radius 2 is 1.60 bits per heavy atom. The number of hydrogen-bond acceptors (Lipinski definition) is 7. The summed E-state index contributed by atoms with van der Waals surface area (Å²) < 4.78 is 32.6. The van der Waals surface area contributed by atoms with Gasteiger partial charge in [-0.3, -0.25) is 10.1 Å². The number of thiazole rings is 1. The molecule has 0 aliphatic carbocycles. The maximum atomic E-state index is 13.1. The predicted molar refractivity (Wildman–Crippen MR) is 156 cm³/mol. The topological polar surface area (TPSA) is 106 Å². The minimum Gasteiger partial charge on any atom is -0.452 e. The number of benzene rings is 3. The number of ether oxygens (including phenoxy) is 1. The highest BCUT2D eigenvalue weighted by Gasteiger charge is 2.29. The Labute approximate surface area is 241 Å². The van der Waals surface area contributed by atoms with Gasteiger partial charge in [0.25, 0.3) is 5.91 Å². The molecule has 0 atom stereocenters. The van der Waals surface area contributed by atoms with E-state index in [1.165, 1.54) is 33.8 Å². The molecule has 1 amide bonds. The summed E-state index contributed by atoms with van der Waals surface area (Å²) in [7, 11) is -3.85. The van der Waals surface area contributed by atoms with E-state index in [-0.39, 0.29) is 15.5 Å². The minimum absolute atomic E-state index is 0.0109. The van der Waals surface area contributed by atoms with Crippen LogP contribution in [0.15, 0.2) is 83.1 Å². The number of nitrogens with zero attached hydrogens (tertiary/aromatic N) is 2. The van der Waals surface area contributed by atoms with Crippen LogP contribution in [0.1, 0.15) is 29.6 Å². The largest absolute Gasteiger partial charge is 0.452 e. The number of anilines is 1. The van der Waals surface area contributed by atoms with Crippen molar-refractivity contribution in [2.45, 2.75) is 24.2 Å². The second kappa shape index (κ2) is 12.3. The van der Waals surface area contributed by atoms with Gasteiger partial charge in [0.2, 0.25) is 10.0 Å². The van der Waals surface area contributed by atoms with Crippen LogP contribution in [0.3, 0.4) is 0 Å². The summed E-state index contributed by atoms with van der Waals surface area (Å²) in [6.45, 7) is 0.256. The molecule has 0 spiro atoms. The van der Waals surface area contributed by atoms with Crippen LogP contribution in [-0.4, -0.2) is 49.3 Å². The Morgan fingerprint density at radius 3 is 2.33 bits per heavy atom. The first-order valence-corrected chi connectivity index (χ1v) is 15.4. The molecular formula is C29H26ClN3O5S2. The first-order chi connectivity index (χ1) is 19.3. The maximum Gasteiger partial charge on any atom is 0.338 e. The number of sulfonamides is 1. The summed E-state index contributed by atoms with van der Waals surface area (Å²) in [6.07, 6.45) is 2.52. The molecule has 1 fully saturated rings. The molecule has 0 unspecified atom stereocenters. The Kier molecular flexibility index (Phi) is 8.60. The highest BCUT2D eigenvalue weighted by atomic mass is 35.5. The van der Waals surface area contributed by atoms with E-state index in [1.807, 2.05) is 60.0 Å². The van der Waals surface area contributed by atoms with E-state index in [0.717, 1.165) is 36.0 Å². The lowest BCUT2D eigenvalue weighted by Gasteiger charge is -2.26. The number of carbonyl (C=O) groups excluding carboxylic acids is 2. The molecule has 0 saturated carbocycles. The Bertz CT molecular complexity index is 1620. The van der Waals surface area contributed by atoms with Crippen molar-refractivity contribution in [3.05, 3.63) is 88.8 Å². The zero-order valence-corrected chi connectivity index (χ0v) is 23.8. The third-order valence-corrected chi connectivity index (χ3v) is 9.61. The molecule has 40 heavy (non-hydrogen) atoms. The number of rotatable bonds is 8. The van der Waals surface area contributed by atoms with Crippen molar-refractivity contribution in [3.63, 3.8) is 0 Å². The van der Waals surface area contributed by atoms with E-state index in [4.69, 9.17) is 16.3 Å². The lowest BCUT2D eigenvalue weighted by molar-refractivity contribution is -0.119. The lowest BCUT2D eigenvalue weighted by Crippen LogP contribution is -2.35. The Hall–Kier alpha value is -3.57. The lowest BCUT2D eigenvalue weighted by atomic mass is 10.0. The van der Waals surface area contributed by atoms with E-state index >= 15 is 0 Å². The number of nitrogens with one attached hydrogen (secondary N) is 1. The first-order valence-electron chi connectivity index (χ1n) is 12.7. The molecule has 1 saturated heterocycles. The third kappa shape index (κ3) is 6.42. The molecular weight excluding hydrogens is 570 g/mol. The van der Waals surface area contributed by atoms with Crippen molar-refractivity contribution < 1.29 is 22.7 Å². The van der Waals surface area contributed by atoms with Crippen molar-refractivity contribution in [1.29, 1.82) is 0 Å². The highest BCUT2D eigenvalue weighted by Crippen LogP contribution is 2.29. The molecule has 206 valence electrons. The number of hydrogen-bond donors (Lipinski definition) is 1. The van der Waals surface area contributed by atoms with Gasteiger partial charge in [0.1, 0.15) is 4.90 Å². The molecule has 0 radical (unpaired) electrons. The summed E-state index contributed by atoms with van der Waals surface area (Å²) in [4.78, 5) is 29.4. The first kappa shape index (κ1) is 28.0. The van der Waals surface area contributed by atoms with Gasteiger partial charge in [0.15, 0.2) is 11.7 Å². The number of piperidine rings is 1. The van der Waals surface area contributed by atoms with Crippen molar-refractivity contribution >= 4 is 50.0 Å². The number of esters is 1. The van der Waals surface area contributed by atoms with Crippen LogP contribution in [0.5, 0.6) is 0 Å². The molecule has 2 heterocycles. The Morgan fingerprint density at radius 1 is 0.925 bits per heavy atom. The van der Waals surface area contributed by atoms with E-state index in [9.17, 15) is 18.0 Å². The van der Waals surface area contributed by atoms with E-state index in [1.54, 1.807) is 0 Å². The van der Waals surface area contributed by atoms with Crippen molar-refractivity contribution in [2.24, 2.45) is 0 Å². The maximum absolute atomic E-state index is 13.1. The quantitative estimate of drug-likeness (QED) is 0.247. The fourth-order valence-corrected chi connectivity index (χ4v) is 7.12. The number of aromatic nitrogens is 1. The van der Waals surface area contributed by atoms with Crippen molar-refractivity contribution in [3.8, 4) is 22.4 Å². The van der Waals surface area contributed by atoms with Gasteiger partial charge in [0.05, 0.1) is 16.3 Å². The van der Waals surface area contributed by atoms with E-state index in [2.05, 4.69) is 10.3 Å². The van der Waals surface area contributed by atoms with E-state index < -0.39 is 28.5 Å². The average Bonchev–Trinajstić information content (AvgIpc) is 3.45. The summed E-state index contributed by atoms with van der Waals surface area (Å²) >= 11 is 7.43. The molecule has 1 aliphatic rings. The number of carbonyl (C=O) groups is 2. The third-order valence-electron chi connectivity index (χ3n) is 6.47. The average molecular weight is 596 g/mol. The molecule has 1 aromatic heterocycles. The van der Waals surface area contributed by atoms with Crippen molar-refractivity contribution in [1.82, 2.24) is 9.29 Å². The molecule has 1 aliphatic heterocycles. The zero-order chi connectivity index (χ0) is 28.1. The fraction of sp³-hybridized carbons (Fsp3) is 0.207. The number of halogens is 1. The van der Waals surface area contributed by atoms with Crippen LogP contribution in [0.25, 0.3) is 22.4 Å². The van der Waals surface area contributed by atoms with Crippen LogP contribution in [0.2, 0.25) is 5.02 Å². The van der Waals surface area contributed by atoms with Crippen LogP contribution < -0.4 is 5.32 Å². The van der Waals surface area contributed by atoms with Gasteiger partial charge in [0, 0.05) is 24.0 Å². The van der Waals surface area contributed by atoms with Gasteiger partial charge in [-0.05, 0) is 42.2 Å². The summed E-state index contributed by atoms with van der Waals surface area (Å²) in [5, 5.41) is 4.85. The molecule has 8 nitrogen and oxygen atoms in total. The molecule has 5 rings (SSSR count). The van der Waals surface area contributed by atoms with Crippen LogP contribution in [0, 0.1) is 0 Å². The smallest absolute Gasteiger partial charge is 0.338 e. The molecule has 1 N–H and O–H groups in total. The SMILES string of the molecule is O=C(COC(=O)c1ccc(Cl)c(S(=O)(=O)N2CCCCC2)c1)Nc1nc(-c2ccc(-c3ccccc3)cc2)cs1. The molecule has 4 aromatic rings. The van der Waals surface area contributed by atoms with E-state index in [0.29, 0.717) is 23.9 Å². The van der Waals surface area contributed by atoms with Gasteiger partial charge in [-0.15, -0.1) is 11.3 Å². The van der Waals surface area contributed by atoms with Gasteiger partial charge < -0.3 is 4.74 Å².